The van der Waals surface area contributed by atoms with Crippen LogP contribution in [0, 0.1) is 12.1 Å². The van der Waals surface area contributed by atoms with Crippen LogP contribution in [0.25, 0.3) is 105 Å². The number of nitrogens with zero attached hydrogens (tertiary/aromatic N) is 3. The van der Waals surface area contributed by atoms with Gasteiger partial charge in [-0.2, -0.15) is 0 Å². The van der Waals surface area contributed by atoms with Crippen molar-refractivity contribution < 1.29 is 30.3 Å². The molecule has 12 aromatic rings. The summed E-state index contributed by atoms with van der Waals surface area (Å²) in [5, 5.41) is 6.49. The third kappa shape index (κ3) is 8.58. The first kappa shape index (κ1) is 46.3. The van der Waals surface area contributed by atoms with Gasteiger partial charge in [-0.1, -0.05) is 158 Å². The molecular weight excluding hydrogens is 1050 g/mol. The number of aromatic nitrogens is 3. The van der Waals surface area contributed by atoms with Gasteiger partial charge in [0, 0.05) is 54.9 Å². The van der Waals surface area contributed by atoms with E-state index in [0.717, 1.165) is 88.5 Å². The van der Waals surface area contributed by atoms with E-state index in [1.165, 1.54) is 38.9 Å². The molecule has 4 heterocycles. The van der Waals surface area contributed by atoms with Gasteiger partial charge in [0.05, 0.1) is 22.4 Å². The van der Waals surface area contributed by atoms with Gasteiger partial charge in [-0.25, -0.2) is 0 Å². The summed E-state index contributed by atoms with van der Waals surface area (Å²) in [7, 11) is 0. The van der Waals surface area contributed by atoms with Crippen LogP contribution in [-0.4, -0.2) is 14.5 Å². The van der Waals surface area contributed by atoms with Crippen LogP contribution in [0.4, 0.5) is 0 Å². The minimum Gasteiger partial charge on any atom is -0.501 e. The molecule has 0 atom stereocenters. The van der Waals surface area contributed by atoms with Crippen molar-refractivity contribution in [3.63, 3.8) is 0 Å². The summed E-state index contributed by atoms with van der Waals surface area (Å²) in [5.74, 6) is 0.668. The molecule has 0 aliphatic rings. The molecule has 0 N–H and O–H groups in total. The van der Waals surface area contributed by atoms with Gasteiger partial charge in [0.25, 0.3) is 0 Å². The van der Waals surface area contributed by atoms with Crippen molar-refractivity contribution >= 4 is 65.7 Å². The van der Waals surface area contributed by atoms with Gasteiger partial charge in [-0.05, 0) is 104 Å². The van der Waals surface area contributed by atoms with Crippen molar-refractivity contribution in [1.82, 2.24) is 14.5 Å². The van der Waals surface area contributed by atoms with Gasteiger partial charge in [0.15, 0.2) is 0 Å². The number of fused-ring (bicyclic) bond motifs is 9. The second-order valence-electron chi connectivity index (χ2n) is 20.4. The predicted octanol–water partition coefficient (Wildman–Crippen LogP) is 18.3. The van der Waals surface area contributed by atoms with E-state index in [1.807, 2.05) is 68.6 Å². The van der Waals surface area contributed by atoms with E-state index in [2.05, 4.69) is 179 Å². The Kier molecular flexibility index (Phi) is 12.3. The van der Waals surface area contributed by atoms with E-state index in [9.17, 15) is 0 Å². The van der Waals surface area contributed by atoms with Gasteiger partial charge < -0.3 is 18.4 Å². The molecule has 0 saturated carbocycles. The van der Waals surface area contributed by atoms with Crippen molar-refractivity contribution in [2.45, 2.75) is 85.5 Å². The molecule has 6 heteroatoms. The van der Waals surface area contributed by atoms with Gasteiger partial charge in [0.2, 0.25) is 0 Å². The molecule has 0 unspecified atom stereocenters. The number of hydrogen-bond acceptors (Lipinski definition) is 4. The van der Waals surface area contributed by atoms with Crippen molar-refractivity contribution in [1.29, 1.82) is 0 Å². The number of pyridine rings is 1. The summed E-state index contributed by atoms with van der Waals surface area (Å²) in [4.78, 5) is 9.99. The molecule has 8 aromatic carbocycles. The smallest absolute Gasteiger partial charge is 0.136 e. The number of para-hydroxylation sites is 1. The fourth-order valence-electron chi connectivity index (χ4n) is 10.1. The zero-order valence-electron chi connectivity index (χ0n) is 42.7. The van der Waals surface area contributed by atoms with Crippen molar-refractivity contribution in [2.75, 3.05) is 0 Å². The topological polar surface area (TPSA) is 57.0 Å². The number of imidazole rings is 1. The number of furan rings is 2. The molecule has 0 aliphatic heterocycles. The van der Waals surface area contributed by atoms with E-state index < -0.39 is 5.89 Å². The van der Waals surface area contributed by atoms with Crippen LogP contribution in [0.5, 0.6) is 0 Å². The largest absolute Gasteiger partial charge is 0.501 e. The Bertz CT molecular complexity index is 3930. The van der Waals surface area contributed by atoms with Gasteiger partial charge in [-0.3, -0.25) is 4.98 Å². The summed E-state index contributed by atoms with van der Waals surface area (Å²) in [6.07, 6.45) is 1.85. The standard InChI is InChI=1S/C47H35N2O2.C18H22N.Ir/c1-27(2)36-23-31(29-13-6-5-7-14-29)24-37(28(3)4)44(36)49-45-32-16-9-8-15-30(32)21-22-40(45)48-47(49)35-19-12-18-34-39-26-42-38(25-43(39)51-46(34)35)33-17-10-11-20-41(33)50-42;1-13(2)15-12-19-17(11-16(15)18(3,4)5)14-9-7-6-8-10-14;/h5-18,20-28H,1-4H3;6-9,11-13H,1-5H3;/q2*-1;/i;13D;. The predicted molar refractivity (Wildman–Crippen MR) is 292 cm³/mol. The van der Waals surface area contributed by atoms with Crippen LogP contribution in [0.1, 0.15) is 104 Å². The first-order valence-corrected chi connectivity index (χ1v) is 24.4. The van der Waals surface area contributed by atoms with E-state index in [4.69, 9.17) is 15.2 Å². The zero-order valence-corrected chi connectivity index (χ0v) is 44.1. The molecular formula is C65H57IrN3O2-2. The Morgan fingerprint density at radius 1 is 0.577 bits per heavy atom. The minimum atomic E-state index is -0.644. The molecule has 4 aromatic heterocycles. The number of rotatable bonds is 7. The van der Waals surface area contributed by atoms with Crippen LogP contribution >= 0.6 is 0 Å². The van der Waals surface area contributed by atoms with Crippen LogP contribution in [0.2, 0.25) is 0 Å². The molecule has 0 aliphatic carbocycles. The summed E-state index contributed by atoms with van der Waals surface area (Å²) in [6.45, 7) is 19.5. The van der Waals surface area contributed by atoms with E-state index >= 15 is 0 Å². The van der Waals surface area contributed by atoms with Crippen LogP contribution < -0.4 is 0 Å². The summed E-state index contributed by atoms with van der Waals surface area (Å²) < 4.78 is 23.9. The normalized spacial score (nSPS) is 12.4. The van der Waals surface area contributed by atoms with Crippen LogP contribution in [-0.2, 0) is 25.5 Å². The quantitative estimate of drug-likeness (QED) is 0.149. The zero-order chi connectivity index (χ0) is 49.3. The Balaban J connectivity index is 0.000000240. The van der Waals surface area contributed by atoms with E-state index in [-0.39, 0.29) is 37.4 Å². The van der Waals surface area contributed by atoms with Crippen LogP contribution in [0.3, 0.4) is 0 Å². The second-order valence-corrected chi connectivity index (χ2v) is 20.4. The maximum Gasteiger partial charge on any atom is 0.136 e. The first-order chi connectivity index (χ1) is 34.1. The molecule has 0 fully saturated rings. The van der Waals surface area contributed by atoms with Crippen LogP contribution in [0.15, 0.2) is 173 Å². The molecule has 355 valence electrons. The molecule has 71 heavy (non-hydrogen) atoms. The Morgan fingerprint density at radius 2 is 1.24 bits per heavy atom. The molecule has 1 radical (unpaired) electrons. The van der Waals surface area contributed by atoms with Gasteiger partial charge >= 0.3 is 0 Å². The fourth-order valence-corrected chi connectivity index (χ4v) is 10.1. The van der Waals surface area contributed by atoms with Crippen molar-refractivity contribution in [3.8, 4) is 39.5 Å². The van der Waals surface area contributed by atoms with Crippen molar-refractivity contribution in [2.24, 2.45) is 0 Å². The molecule has 0 amide bonds. The molecule has 0 bridgehead atoms. The Hall–Kier alpha value is -7.11. The second kappa shape index (κ2) is 18.9. The summed E-state index contributed by atoms with van der Waals surface area (Å²) in [6, 6.07) is 61.7. The van der Waals surface area contributed by atoms with Crippen molar-refractivity contribution in [3.05, 3.63) is 198 Å². The van der Waals surface area contributed by atoms with E-state index in [1.54, 1.807) is 0 Å². The molecule has 0 spiro atoms. The fraction of sp³-hybridized carbons (Fsp3) is 0.200. The third-order valence-electron chi connectivity index (χ3n) is 13.7. The monoisotopic (exact) mass is 1110 g/mol. The maximum atomic E-state index is 8.32. The Labute approximate surface area is 431 Å². The van der Waals surface area contributed by atoms with E-state index in [0.29, 0.717) is 0 Å². The number of hydrogen-bond donors (Lipinski definition) is 0. The SMILES string of the molecule is CC(C)c1cc(-c2ccccc2)cc(C(C)C)c1-n1c(-c2[c-]ccc3c2oc2cc4c(cc23)oc2ccccc24)nc2ccc3ccccc3c21.[2H]C(C)(C)c1cnc(-c2[c-]cccc2)cc1C(C)(C)C.[Ir]. The maximum absolute atomic E-state index is 8.32. The van der Waals surface area contributed by atoms with Gasteiger partial charge in [0.1, 0.15) is 16.7 Å². The summed E-state index contributed by atoms with van der Waals surface area (Å²) >= 11 is 0. The molecule has 5 nitrogen and oxygen atoms in total. The summed E-state index contributed by atoms with van der Waals surface area (Å²) in [5.41, 5.74) is 16.4. The molecule has 0 saturated heterocycles. The average Bonchev–Trinajstić information content (AvgIpc) is 4.06. The molecule has 12 rings (SSSR count). The Morgan fingerprint density at radius 3 is 1.93 bits per heavy atom. The average molecular weight is 1110 g/mol. The first-order valence-electron chi connectivity index (χ1n) is 24.9. The third-order valence-corrected chi connectivity index (χ3v) is 13.7. The van der Waals surface area contributed by atoms with Gasteiger partial charge in [-0.15, -0.1) is 54.1 Å². The number of benzene rings is 8. The minimum absolute atomic E-state index is 0.